The summed E-state index contributed by atoms with van der Waals surface area (Å²) in [5.74, 6) is -0.581. The Labute approximate surface area is 158 Å². The SMILES string of the molecule is Br.O=C(C[n+]1ccc(-c2ccc(F)cc2)nc1)c1cccc([N+](=O)[O-])c1. The lowest BCUT2D eigenvalue weighted by Crippen LogP contribution is -2.37. The molecular weight excluding hydrogens is 405 g/mol. The van der Waals surface area contributed by atoms with Gasteiger partial charge in [0, 0.05) is 29.3 Å². The maximum Gasteiger partial charge on any atom is 0.287 e. The van der Waals surface area contributed by atoms with Crippen molar-refractivity contribution in [1.82, 2.24) is 4.98 Å². The predicted molar refractivity (Wildman–Crippen MR) is 97.6 cm³/mol. The number of nitro benzene ring substituents is 1. The molecule has 0 N–H and O–H groups in total. The summed E-state index contributed by atoms with van der Waals surface area (Å²) in [5, 5.41) is 10.8. The quantitative estimate of drug-likeness (QED) is 0.274. The molecule has 132 valence electrons. The molecule has 2 aromatic carbocycles. The van der Waals surface area contributed by atoms with Gasteiger partial charge in [0.25, 0.3) is 12.0 Å². The van der Waals surface area contributed by atoms with Crippen molar-refractivity contribution in [2.45, 2.75) is 6.54 Å². The van der Waals surface area contributed by atoms with Crippen molar-refractivity contribution in [2.24, 2.45) is 0 Å². The number of rotatable bonds is 5. The van der Waals surface area contributed by atoms with Crippen LogP contribution in [-0.4, -0.2) is 15.7 Å². The van der Waals surface area contributed by atoms with E-state index in [-0.39, 0.29) is 46.4 Å². The van der Waals surface area contributed by atoms with E-state index in [1.54, 1.807) is 29.0 Å². The Balaban J connectivity index is 0.00000243. The fourth-order valence-electron chi connectivity index (χ4n) is 2.32. The molecule has 0 unspecified atom stereocenters. The molecule has 26 heavy (non-hydrogen) atoms. The minimum absolute atomic E-state index is 0. The molecule has 6 nitrogen and oxygen atoms in total. The standard InChI is InChI=1S/C18H13FN3O3.BrH/c19-15-6-4-13(5-7-15)17-8-9-21(12-20-17)11-18(23)14-2-1-3-16(10-14)22(24)25;/h1-10,12H,11H2;1H/q+1;. The van der Waals surface area contributed by atoms with Crippen LogP contribution in [0.25, 0.3) is 11.3 Å². The smallest absolute Gasteiger partial charge is 0.287 e. The summed E-state index contributed by atoms with van der Waals surface area (Å²) in [6, 6.07) is 13.3. The number of carbonyl (C=O) groups is 1. The fraction of sp³-hybridized carbons (Fsp3) is 0.0556. The van der Waals surface area contributed by atoms with Crippen molar-refractivity contribution in [1.29, 1.82) is 0 Å². The molecule has 0 fully saturated rings. The summed E-state index contributed by atoms with van der Waals surface area (Å²) < 4.78 is 14.5. The number of carbonyl (C=O) groups excluding carboxylic acids is 1. The van der Waals surface area contributed by atoms with Crippen molar-refractivity contribution < 1.29 is 18.7 Å². The van der Waals surface area contributed by atoms with Crippen LogP contribution in [0.5, 0.6) is 0 Å². The van der Waals surface area contributed by atoms with E-state index in [4.69, 9.17) is 0 Å². The summed E-state index contributed by atoms with van der Waals surface area (Å²) in [4.78, 5) is 26.8. The van der Waals surface area contributed by atoms with Crippen LogP contribution in [0, 0.1) is 15.9 Å². The third-order valence-corrected chi connectivity index (χ3v) is 3.61. The summed E-state index contributed by atoms with van der Waals surface area (Å²) >= 11 is 0. The Morgan fingerprint density at radius 1 is 1.15 bits per heavy atom. The number of hydrogen-bond acceptors (Lipinski definition) is 4. The van der Waals surface area contributed by atoms with Gasteiger partial charge in [0.1, 0.15) is 5.82 Å². The van der Waals surface area contributed by atoms with Gasteiger partial charge in [-0.2, -0.15) is 0 Å². The van der Waals surface area contributed by atoms with Gasteiger partial charge in [-0.15, -0.1) is 17.0 Å². The highest BCUT2D eigenvalue weighted by Crippen LogP contribution is 2.16. The van der Waals surface area contributed by atoms with E-state index in [9.17, 15) is 19.3 Å². The van der Waals surface area contributed by atoms with Gasteiger partial charge >= 0.3 is 0 Å². The van der Waals surface area contributed by atoms with Crippen LogP contribution in [0.1, 0.15) is 10.4 Å². The number of Topliss-reactive ketones (excluding diaryl/α,β-unsaturated/α-hetero) is 1. The molecule has 3 aromatic rings. The number of nitrogens with zero attached hydrogens (tertiary/aromatic N) is 3. The number of ketones is 1. The molecule has 0 radical (unpaired) electrons. The normalized spacial score (nSPS) is 10.0. The van der Waals surface area contributed by atoms with Crippen LogP contribution in [0.3, 0.4) is 0 Å². The molecule has 3 rings (SSSR count). The highest BCUT2D eigenvalue weighted by atomic mass is 79.9. The largest absolute Gasteiger partial charge is 0.290 e. The highest BCUT2D eigenvalue weighted by molar-refractivity contribution is 8.93. The molecule has 0 aliphatic heterocycles. The lowest BCUT2D eigenvalue weighted by atomic mass is 10.1. The van der Waals surface area contributed by atoms with Gasteiger partial charge in [-0.1, -0.05) is 12.1 Å². The van der Waals surface area contributed by atoms with Crippen molar-refractivity contribution >= 4 is 28.5 Å². The molecule has 0 saturated carbocycles. The zero-order valence-corrected chi connectivity index (χ0v) is 15.1. The Kier molecular flexibility index (Phi) is 6.24. The molecule has 0 amide bonds. The van der Waals surface area contributed by atoms with Gasteiger partial charge in [-0.3, -0.25) is 14.9 Å². The van der Waals surface area contributed by atoms with Gasteiger partial charge in [-0.05, 0) is 29.2 Å². The first-order valence-electron chi connectivity index (χ1n) is 7.41. The topological polar surface area (TPSA) is 77.0 Å². The number of hydrogen-bond donors (Lipinski definition) is 0. The number of aromatic nitrogens is 2. The minimum Gasteiger partial charge on any atom is -0.290 e. The van der Waals surface area contributed by atoms with Crippen molar-refractivity contribution in [2.75, 3.05) is 0 Å². The summed E-state index contributed by atoms with van der Waals surface area (Å²) in [6.07, 6.45) is 3.18. The highest BCUT2D eigenvalue weighted by Gasteiger charge is 2.15. The van der Waals surface area contributed by atoms with Crippen molar-refractivity contribution in [3.63, 3.8) is 0 Å². The van der Waals surface area contributed by atoms with Crippen molar-refractivity contribution in [3.8, 4) is 11.3 Å². The molecule has 1 aromatic heterocycles. The van der Waals surface area contributed by atoms with Gasteiger partial charge in [-0.25, -0.2) is 8.96 Å². The van der Waals surface area contributed by atoms with E-state index in [0.717, 1.165) is 5.56 Å². The number of halogens is 2. The van der Waals surface area contributed by atoms with Crippen LogP contribution < -0.4 is 4.57 Å². The molecular formula is C18H14BrFN3O3+. The molecule has 0 spiro atoms. The molecule has 0 saturated heterocycles. The summed E-state index contributed by atoms with van der Waals surface area (Å²) in [5.41, 5.74) is 1.56. The minimum atomic E-state index is -0.539. The summed E-state index contributed by atoms with van der Waals surface area (Å²) in [7, 11) is 0. The third kappa shape index (κ3) is 4.54. The number of nitro groups is 1. The number of non-ortho nitro benzene ring substituents is 1. The average Bonchev–Trinajstić information content (AvgIpc) is 2.63. The first-order chi connectivity index (χ1) is 12.0. The fourth-order valence-corrected chi connectivity index (χ4v) is 2.32. The monoisotopic (exact) mass is 418 g/mol. The first kappa shape index (κ1) is 19.3. The Morgan fingerprint density at radius 2 is 1.88 bits per heavy atom. The van der Waals surface area contributed by atoms with Gasteiger partial charge in [0.05, 0.1) is 11.1 Å². The van der Waals surface area contributed by atoms with Gasteiger partial charge < -0.3 is 0 Å². The first-order valence-corrected chi connectivity index (χ1v) is 7.41. The third-order valence-electron chi connectivity index (χ3n) is 3.61. The molecule has 0 aliphatic carbocycles. The van der Waals surface area contributed by atoms with E-state index in [1.807, 2.05) is 0 Å². The second-order valence-corrected chi connectivity index (χ2v) is 5.36. The maximum atomic E-state index is 12.9. The van der Waals surface area contributed by atoms with E-state index in [2.05, 4.69) is 4.98 Å². The van der Waals surface area contributed by atoms with Gasteiger partial charge in [0.2, 0.25) is 5.78 Å². The summed E-state index contributed by atoms with van der Waals surface area (Å²) in [6.45, 7) is 0.0118. The molecule has 0 atom stereocenters. The zero-order chi connectivity index (χ0) is 17.8. The van der Waals surface area contributed by atoms with E-state index in [0.29, 0.717) is 5.69 Å². The van der Waals surface area contributed by atoms with Crippen molar-refractivity contribution in [3.05, 3.63) is 88.6 Å². The van der Waals surface area contributed by atoms with E-state index in [1.165, 1.54) is 42.7 Å². The second-order valence-electron chi connectivity index (χ2n) is 5.36. The average molecular weight is 419 g/mol. The Morgan fingerprint density at radius 3 is 2.50 bits per heavy atom. The maximum absolute atomic E-state index is 12.9. The van der Waals surface area contributed by atoms with Crippen LogP contribution in [0.15, 0.2) is 67.1 Å². The molecule has 8 heteroatoms. The van der Waals surface area contributed by atoms with E-state index < -0.39 is 4.92 Å². The lowest BCUT2D eigenvalue weighted by Gasteiger charge is -2.01. The van der Waals surface area contributed by atoms with Crippen LogP contribution >= 0.6 is 17.0 Å². The zero-order valence-electron chi connectivity index (χ0n) is 13.4. The molecule has 0 aliphatic rings. The van der Waals surface area contributed by atoms with Crippen LogP contribution in [0.2, 0.25) is 0 Å². The molecule has 1 heterocycles. The van der Waals surface area contributed by atoms with E-state index >= 15 is 0 Å². The van der Waals surface area contributed by atoms with Crippen LogP contribution in [0.4, 0.5) is 10.1 Å². The Hall–Kier alpha value is -3.00. The predicted octanol–water partition coefficient (Wildman–Crippen LogP) is 3.54. The lowest BCUT2D eigenvalue weighted by molar-refractivity contribution is -0.686. The van der Waals surface area contributed by atoms with Crippen LogP contribution in [-0.2, 0) is 6.54 Å². The second kappa shape index (κ2) is 8.39. The number of benzene rings is 2. The van der Waals surface area contributed by atoms with Gasteiger partial charge in [0.15, 0.2) is 12.2 Å². The molecule has 0 bridgehead atoms. The Bertz CT molecular complexity index is 931.